The van der Waals surface area contributed by atoms with E-state index in [1.807, 2.05) is 6.07 Å². The van der Waals surface area contributed by atoms with Gasteiger partial charge in [-0.25, -0.2) is 0 Å². The van der Waals surface area contributed by atoms with Crippen LogP contribution < -0.4 is 4.90 Å². The van der Waals surface area contributed by atoms with Crippen molar-refractivity contribution < 1.29 is 17.9 Å². The van der Waals surface area contributed by atoms with Crippen LogP contribution in [-0.2, 0) is 10.9 Å². The molecule has 26 heavy (non-hydrogen) atoms. The summed E-state index contributed by atoms with van der Waals surface area (Å²) in [6.45, 7) is 1.69. The van der Waals surface area contributed by atoms with Gasteiger partial charge >= 0.3 is 6.18 Å². The summed E-state index contributed by atoms with van der Waals surface area (Å²) in [6.07, 6.45) is 2.84. The average Bonchev–Trinajstić information content (AvgIpc) is 3.01. The van der Waals surface area contributed by atoms with E-state index < -0.39 is 11.7 Å². The van der Waals surface area contributed by atoms with E-state index in [0.29, 0.717) is 5.39 Å². The monoisotopic (exact) mass is 364 g/mol. The van der Waals surface area contributed by atoms with Crippen LogP contribution in [0.1, 0.15) is 37.7 Å². The predicted molar refractivity (Wildman–Crippen MR) is 95.3 cm³/mol. The van der Waals surface area contributed by atoms with Gasteiger partial charge in [0.05, 0.1) is 17.2 Å². The van der Waals surface area contributed by atoms with Crippen LogP contribution >= 0.6 is 0 Å². The zero-order valence-corrected chi connectivity index (χ0v) is 14.9. The third-order valence-corrected chi connectivity index (χ3v) is 6.11. The summed E-state index contributed by atoms with van der Waals surface area (Å²) in [4.78, 5) is 6.29. The molecular weight excluding hydrogens is 341 g/mol. The molecule has 1 aromatic carbocycles. The lowest BCUT2D eigenvalue weighted by Crippen LogP contribution is -2.48. The van der Waals surface area contributed by atoms with Gasteiger partial charge in [0, 0.05) is 42.9 Å². The van der Waals surface area contributed by atoms with Crippen LogP contribution in [0.3, 0.4) is 0 Å². The van der Waals surface area contributed by atoms with Crippen LogP contribution in [0.2, 0.25) is 0 Å². The van der Waals surface area contributed by atoms with Crippen LogP contribution in [0, 0.1) is 5.41 Å². The number of ether oxygens (including phenoxy) is 1. The molecule has 0 radical (unpaired) electrons. The molecule has 0 amide bonds. The predicted octanol–water partition coefficient (Wildman–Crippen LogP) is 5.04. The quantitative estimate of drug-likeness (QED) is 0.747. The summed E-state index contributed by atoms with van der Waals surface area (Å²) in [5.41, 5.74) is 0.331. The molecular formula is C20H23F3N2O. The Kier molecular flexibility index (Phi) is 4.34. The van der Waals surface area contributed by atoms with Crippen molar-refractivity contribution in [3.05, 3.63) is 36.0 Å². The van der Waals surface area contributed by atoms with E-state index in [0.717, 1.165) is 56.9 Å². The molecule has 1 aliphatic carbocycles. The Morgan fingerprint density at radius 2 is 2.00 bits per heavy atom. The summed E-state index contributed by atoms with van der Waals surface area (Å²) >= 11 is 0. The molecule has 4 rings (SSSR count). The molecule has 1 spiro atoms. The molecule has 0 N–H and O–H groups in total. The number of benzene rings is 1. The Hall–Kier alpha value is -1.82. The number of hydrogen-bond acceptors (Lipinski definition) is 3. The van der Waals surface area contributed by atoms with E-state index in [9.17, 15) is 13.2 Å². The average molecular weight is 364 g/mol. The second-order valence-corrected chi connectivity index (χ2v) is 7.53. The third kappa shape index (κ3) is 2.84. The van der Waals surface area contributed by atoms with Gasteiger partial charge in [-0.05, 0) is 37.8 Å². The fourth-order valence-electron chi connectivity index (χ4n) is 4.97. The highest BCUT2D eigenvalue weighted by Gasteiger charge is 2.46. The number of rotatable bonds is 2. The number of halogens is 3. The number of nitrogens with zero attached hydrogens (tertiary/aromatic N) is 2. The van der Waals surface area contributed by atoms with Crippen LogP contribution in [0.4, 0.5) is 18.9 Å². The van der Waals surface area contributed by atoms with Crippen molar-refractivity contribution in [2.24, 2.45) is 5.41 Å². The molecule has 0 unspecified atom stereocenters. The number of hydrogen-bond donors (Lipinski definition) is 0. The van der Waals surface area contributed by atoms with Crippen molar-refractivity contribution in [1.29, 1.82) is 0 Å². The molecule has 1 aromatic heterocycles. The first kappa shape index (κ1) is 17.6. The smallest absolute Gasteiger partial charge is 0.381 e. The summed E-state index contributed by atoms with van der Waals surface area (Å²) in [5.74, 6) is 0. The molecule has 2 aromatic rings. The van der Waals surface area contributed by atoms with Crippen LogP contribution in [0.15, 0.2) is 30.5 Å². The Morgan fingerprint density at radius 3 is 2.77 bits per heavy atom. The zero-order valence-electron chi connectivity index (χ0n) is 14.9. The molecule has 1 aliphatic heterocycles. The van der Waals surface area contributed by atoms with Gasteiger partial charge < -0.3 is 9.64 Å². The van der Waals surface area contributed by atoms with Gasteiger partial charge in [0.2, 0.25) is 0 Å². The standard InChI is InChI=1S/C20H23F3N2O/c1-26-17-7-3-9-19(17)10-4-12-25(13-19)16-8-11-24-18-14(16)5-2-6-15(18)20(21,22)23/h2,5-6,8,11,17H,3-4,7,9-10,12-13H2,1H3/t17-,19+/m1/s1. The van der Waals surface area contributed by atoms with Gasteiger partial charge in [-0.15, -0.1) is 0 Å². The molecule has 1 saturated heterocycles. The van der Waals surface area contributed by atoms with E-state index in [1.54, 1.807) is 13.2 Å². The molecule has 140 valence electrons. The molecule has 1 saturated carbocycles. The van der Waals surface area contributed by atoms with Crippen molar-refractivity contribution in [3.8, 4) is 0 Å². The van der Waals surface area contributed by atoms with Crippen molar-refractivity contribution in [2.45, 2.75) is 44.4 Å². The summed E-state index contributed by atoms with van der Waals surface area (Å²) < 4.78 is 45.8. The molecule has 6 heteroatoms. The number of piperidine rings is 1. The highest BCUT2D eigenvalue weighted by molar-refractivity contribution is 5.93. The Balaban J connectivity index is 1.75. The second-order valence-electron chi connectivity index (χ2n) is 7.53. The zero-order chi connectivity index (χ0) is 18.4. The van der Waals surface area contributed by atoms with E-state index >= 15 is 0 Å². The van der Waals surface area contributed by atoms with E-state index in [-0.39, 0.29) is 17.0 Å². The largest absolute Gasteiger partial charge is 0.418 e. The van der Waals surface area contributed by atoms with Crippen molar-refractivity contribution in [2.75, 3.05) is 25.1 Å². The normalized spacial score (nSPS) is 26.8. The number of anilines is 1. The number of methoxy groups -OCH3 is 1. The lowest BCUT2D eigenvalue weighted by atomic mass is 9.76. The van der Waals surface area contributed by atoms with Crippen LogP contribution in [0.25, 0.3) is 10.9 Å². The first-order valence-corrected chi connectivity index (χ1v) is 9.17. The van der Waals surface area contributed by atoms with Crippen LogP contribution in [-0.4, -0.2) is 31.3 Å². The Bertz CT molecular complexity index is 807. The van der Waals surface area contributed by atoms with E-state index in [1.165, 1.54) is 12.3 Å². The van der Waals surface area contributed by atoms with Gasteiger partial charge in [0.15, 0.2) is 0 Å². The van der Waals surface area contributed by atoms with Crippen molar-refractivity contribution in [1.82, 2.24) is 4.98 Å². The second kappa shape index (κ2) is 6.41. The molecule has 0 bridgehead atoms. The van der Waals surface area contributed by atoms with Crippen molar-refractivity contribution >= 4 is 16.6 Å². The molecule has 2 aliphatic rings. The van der Waals surface area contributed by atoms with Gasteiger partial charge in [-0.3, -0.25) is 4.98 Å². The maximum Gasteiger partial charge on any atom is 0.418 e. The summed E-state index contributed by atoms with van der Waals surface area (Å²) in [6, 6.07) is 6.17. The molecule has 2 heterocycles. The molecule has 2 atom stereocenters. The first-order chi connectivity index (χ1) is 12.4. The minimum atomic E-state index is -4.40. The van der Waals surface area contributed by atoms with E-state index in [2.05, 4.69) is 9.88 Å². The van der Waals surface area contributed by atoms with E-state index in [4.69, 9.17) is 4.74 Å². The number of aromatic nitrogens is 1. The highest BCUT2D eigenvalue weighted by Crippen LogP contribution is 2.48. The number of para-hydroxylation sites is 1. The lowest BCUT2D eigenvalue weighted by Gasteiger charge is -2.45. The fraction of sp³-hybridized carbons (Fsp3) is 0.550. The van der Waals surface area contributed by atoms with Gasteiger partial charge in [-0.1, -0.05) is 18.6 Å². The SMILES string of the molecule is CO[C@@H]1CCC[C@@]12CCCN(c1ccnc3c(C(F)(F)F)cccc13)C2. The highest BCUT2D eigenvalue weighted by atomic mass is 19.4. The number of pyridine rings is 1. The maximum atomic E-state index is 13.4. The summed E-state index contributed by atoms with van der Waals surface area (Å²) in [7, 11) is 1.77. The molecule has 3 nitrogen and oxygen atoms in total. The lowest BCUT2D eigenvalue weighted by molar-refractivity contribution is -0.136. The third-order valence-electron chi connectivity index (χ3n) is 6.11. The number of fused-ring (bicyclic) bond motifs is 1. The topological polar surface area (TPSA) is 25.4 Å². The fourth-order valence-corrected chi connectivity index (χ4v) is 4.97. The van der Waals surface area contributed by atoms with Gasteiger partial charge in [0.25, 0.3) is 0 Å². The van der Waals surface area contributed by atoms with Crippen LogP contribution in [0.5, 0.6) is 0 Å². The maximum absolute atomic E-state index is 13.4. The Labute approximate surface area is 151 Å². The Morgan fingerprint density at radius 1 is 1.19 bits per heavy atom. The number of alkyl halides is 3. The first-order valence-electron chi connectivity index (χ1n) is 9.17. The van der Waals surface area contributed by atoms with Crippen molar-refractivity contribution in [3.63, 3.8) is 0 Å². The summed E-state index contributed by atoms with van der Waals surface area (Å²) in [5, 5.41) is 0.575. The minimum Gasteiger partial charge on any atom is -0.381 e. The van der Waals surface area contributed by atoms with Gasteiger partial charge in [0.1, 0.15) is 0 Å². The van der Waals surface area contributed by atoms with Gasteiger partial charge in [-0.2, -0.15) is 13.2 Å². The minimum absolute atomic E-state index is 0.0341. The molecule has 2 fully saturated rings.